The normalized spacial score (nSPS) is 14.0. The minimum Gasteiger partial charge on any atom is -0.490 e. The van der Waals surface area contributed by atoms with Gasteiger partial charge in [-0.05, 0) is 25.0 Å². The number of nitrogens with zero attached hydrogens (tertiary/aromatic N) is 4. The Hall–Kier alpha value is -2.77. The maximum atomic E-state index is 5.71. The number of fused-ring (bicyclic) bond motifs is 1. The van der Waals surface area contributed by atoms with Crippen LogP contribution in [0.1, 0.15) is 19.3 Å². The summed E-state index contributed by atoms with van der Waals surface area (Å²) in [6.45, 7) is 3.13. The summed E-state index contributed by atoms with van der Waals surface area (Å²) < 4.78 is 13.3. The zero-order valence-electron chi connectivity index (χ0n) is 14.4. The Morgan fingerprint density at radius 2 is 1.96 bits per heavy atom. The number of rotatable bonds is 6. The lowest BCUT2D eigenvalue weighted by atomic mass is 10.2. The summed E-state index contributed by atoms with van der Waals surface area (Å²) in [6.07, 6.45) is 6.44. The number of aryl methyl sites for hydroxylation is 1. The fraction of sp³-hybridized carbons (Fsp3) is 0.471. The zero-order valence-corrected chi connectivity index (χ0v) is 14.4. The minimum absolute atomic E-state index is 0.676. The number of unbranched alkanes of at least 4 members (excludes halogenated alkanes) is 1. The van der Waals surface area contributed by atoms with Crippen molar-refractivity contribution in [3.8, 4) is 11.5 Å². The third-order valence-corrected chi connectivity index (χ3v) is 3.84. The van der Waals surface area contributed by atoms with E-state index in [-0.39, 0.29) is 0 Å². The van der Waals surface area contributed by atoms with Crippen LogP contribution in [-0.4, -0.2) is 47.5 Å². The lowest BCUT2D eigenvalue weighted by molar-refractivity contribution is 0.297. The first-order chi connectivity index (χ1) is 12.3. The van der Waals surface area contributed by atoms with E-state index in [0.717, 1.165) is 55.5 Å². The fourth-order valence-corrected chi connectivity index (χ4v) is 2.52. The standard InChI is InChI=1S/C17H24N6O2/c1-18-17(19-7-2-3-8-23-12-20-21-13-23)22-14-5-6-15-16(11-14)25-10-4-9-24-15/h5-6,11-13H,2-4,7-10H2,1H3,(H2,18,19,22). The lowest BCUT2D eigenvalue weighted by Crippen LogP contribution is -2.31. The number of aliphatic imine (C=N–C) groups is 1. The average Bonchev–Trinajstić information content (AvgIpc) is 3.04. The highest BCUT2D eigenvalue weighted by Crippen LogP contribution is 2.32. The second-order valence-electron chi connectivity index (χ2n) is 5.74. The van der Waals surface area contributed by atoms with Crippen LogP contribution in [0.15, 0.2) is 35.8 Å². The first kappa shape index (κ1) is 17.1. The molecule has 2 heterocycles. The molecule has 0 unspecified atom stereocenters. The molecule has 1 aliphatic heterocycles. The van der Waals surface area contributed by atoms with Crippen molar-refractivity contribution in [1.82, 2.24) is 20.1 Å². The first-order valence-corrected chi connectivity index (χ1v) is 8.55. The molecule has 8 heteroatoms. The predicted molar refractivity (Wildman–Crippen MR) is 96.3 cm³/mol. The van der Waals surface area contributed by atoms with Crippen LogP contribution < -0.4 is 20.1 Å². The lowest BCUT2D eigenvalue weighted by Gasteiger charge is -2.14. The highest BCUT2D eigenvalue weighted by Gasteiger charge is 2.11. The van der Waals surface area contributed by atoms with E-state index in [1.165, 1.54) is 0 Å². The molecular weight excluding hydrogens is 320 g/mol. The summed E-state index contributed by atoms with van der Waals surface area (Å²) in [5.74, 6) is 2.30. The van der Waals surface area contributed by atoms with Gasteiger partial charge in [0, 0.05) is 38.3 Å². The highest BCUT2D eigenvalue weighted by molar-refractivity contribution is 5.93. The maximum Gasteiger partial charge on any atom is 0.195 e. The smallest absolute Gasteiger partial charge is 0.195 e. The molecule has 0 saturated heterocycles. The largest absolute Gasteiger partial charge is 0.490 e. The molecular formula is C17H24N6O2. The summed E-state index contributed by atoms with van der Waals surface area (Å²) in [7, 11) is 1.76. The Morgan fingerprint density at radius 3 is 2.76 bits per heavy atom. The third kappa shape index (κ3) is 5.10. The first-order valence-electron chi connectivity index (χ1n) is 8.55. The number of hydrogen-bond donors (Lipinski definition) is 2. The molecule has 2 aromatic rings. The molecule has 1 aromatic carbocycles. The monoisotopic (exact) mass is 344 g/mol. The van der Waals surface area contributed by atoms with Crippen LogP contribution in [0.2, 0.25) is 0 Å². The Bertz CT molecular complexity index is 686. The van der Waals surface area contributed by atoms with Gasteiger partial charge in [-0.25, -0.2) is 0 Å². The van der Waals surface area contributed by atoms with Gasteiger partial charge in [-0.15, -0.1) is 10.2 Å². The number of benzene rings is 1. The molecule has 2 N–H and O–H groups in total. The topological polar surface area (TPSA) is 85.6 Å². The van der Waals surface area contributed by atoms with Gasteiger partial charge in [0.25, 0.3) is 0 Å². The van der Waals surface area contributed by atoms with E-state index in [4.69, 9.17) is 9.47 Å². The molecule has 1 aliphatic rings. The maximum absolute atomic E-state index is 5.71. The van der Waals surface area contributed by atoms with E-state index >= 15 is 0 Å². The van der Waals surface area contributed by atoms with Crippen LogP contribution in [0.5, 0.6) is 11.5 Å². The van der Waals surface area contributed by atoms with Gasteiger partial charge in [0.05, 0.1) is 13.2 Å². The second kappa shape index (κ2) is 8.91. The summed E-state index contributed by atoms with van der Waals surface area (Å²) in [5.41, 5.74) is 0.918. The van der Waals surface area contributed by atoms with E-state index in [1.54, 1.807) is 19.7 Å². The van der Waals surface area contributed by atoms with E-state index < -0.39 is 0 Å². The molecule has 0 radical (unpaired) electrons. The van der Waals surface area contributed by atoms with Gasteiger partial charge in [0.15, 0.2) is 17.5 Å². The third-order valence-electron chi connectivity index (χ3n) is 3.84. The zero-order chi connectivity index (χ0) is 17.3. The average molecular weight is 344 g/mol. The Morgan fingerprint density at radius 1 is 1.16 bits per heavy atom. The van der Waals surface area contributed by atoms with E-state index in [9.17, 15) is 0 Å². The number of aromatic nitrogens is 3. The highest BCUT2D eigenvalue weighted by atomic mass is 16.5. The molecule has 0 aliphatic carbocycles. The molecule has 0 atom stereocenters. The molecule has 0 saturated carbocycles. The Kier molecular flexibility index (Phi) is 6.08. The second-order valence-corrected chi connectivity index (χ2v) is 5.74. The van der Waals surface area contributed by atoms with Crippen molar-refractivity contribution in [3.63, 3.8) is 0 Å². The van der Waals surface area contributed by atoms with E-state index in [0.29, 0.717) is 13.2 Å². The van der Waals surface area contributed by atoms with Gasteiger partial charge < -0.3 is 24.7 Å². The van der Waals surface area contributed by atoms with E-state index in [1.807, 2.05) is 22.8 Å². The quantitative estimate of drug-likeness (QED) is 0.473. The SMILES string of the molecule is CN=C(NCCCCn1cnnc1)Nc1ccc2c(c1)OCCCO2. The van der Waals surface area contributed by atoms with Crippen molar-refractivity contribution in [3.05, 3.63) is 30.9 Å². The van der Waals surface area contributed by atoms with Crippen molar-refractivity contribution in [2.45, 2.75) is 25.8 Å². The molecule has 0 fully saturated rings. The number of ether oxygens (including phenoxy) is 2. The van der Waals surface area contributed by atoms with Gasteiger partial charge in [-0.3, -0.25) is 4.99 Å². The Balaban J connectivity index is 1.45. The molecule has 3 rings (SSSR count). The van der Waals surface area contributed by atoms with Crippen molar-refractivity contribution in [1.29, 1.82) is 0 Å². The molecule has 25 heavy (non-hydrogen) atoms. The van der Waals surface area contributed by atoms with Crippen LogP contribution in [-0.2, 0) is 6.54 Å². The van der Waals surface area contributed by atoms with Gasteiger partial charge in [0.2, 0.25) is 0 Å². The van der Waals surface area contributed by atoms with Crippen LogP contribution in [0.4, 0.5) is 5.69 Å². The van der Waals surface area contributed by atoms with Gasteiger partial charge >= 0.3 is 0 Å². The predicted octanol–water partition coefficient (Wildman–Crippen LogP) is 1.91. The summed E-state index contributed by atoms with van der Waals surface area (Å²) in [5, 5.41) is 14.2. The number of nitrogens with one attached hydrogen (secondary N) is 2. The van der Waals surface area contributed by atoms with Crippen LogP contribution in [0, 0.1) is 0 Å². The molecule has 134 valence electrons. The van der Waals surface area contributed by atoms with Gasteiger partial charge in [-0.2, -0.15) is 0 Å². The van der Waals surface area contributed by atoms with Crippen molar-refractivity contribution >= 4 is 11.6 Å². The van der Waals surface area contributed by atoms with Crippen molar-refractivity contribution < 1.29 is 9.47 Å². The summed E-state index contributed by atoms with van der Waals surface area (Å²) >= 11 is 0. The van der Waals surface area contributed by atoms with Gasteiger partial charge in [-0.1, -0.05) is 0 Å². The molecule has 1 aromatic heterocycles. The fourth-order valence-electron chi connectivity index (χ4n) is 2.52. The molecule has 8 nitrogen and oxygen atoms in total. The van der Waals surface area contributed by atoms with Crippen molar-refractivity contribution in [2.75, 3.05) is 32.1 Å². The van der Waals surface area contributed by atoms with Crippen LogP contribution >= 0.6 is 0 Å². The summed E-state index contributed by atoms with van der Waals surface area (Å²) in [6, 6.07) is 5.83. The van der Waals surface area contributed by atoms with E-state index in [2.05, 4.69) is 25.8 Å². The number of anilines is 1. The number of guanidine groups is 1. The van der Waals surface area contributed by atoms with Crippen LogP contribution in [0.3, 0.4) is 0 Å². The van der Waals surface area contributed by atoms with Crippen molar-refractivity contribution in [2.24, 2.45) is 4.99 Å². The number of hydrogen-bond acceptors (Lipinski definition) is 5. The van der Waals surface area contributed by atoms with Crippen LogP contribution in [0.25, 0.3) is 0 Å². The molecule has 0 spiro atoms. The molecule has 0 bridgehead atoms. The summed E-state index contributed by atoms with van der Waals surface area (Å²) in [4.78, 5) is 4.26. The Labute approximate surface area is 147 Å². The minimum atomic E-state index is 0.676. The molecule has 0 amide bonds. The van der Waals surface area contributed by atoms with Gasteiger partial charge in [0.1, 0.15) is 12.7 Å².